The fraction of sp³-hybridized carbons (Fsp3) is 0.650. The van der Waals surface area contributed by atoms with E-state index in [2.05, 4.69) is 53.9 Å². The SMILES string of the molecule is CN(C)Cc1ccc(CNC(=O)NC(CCO)C2CCCCC2)cc1. The van der Waals surface area contributed by atoms with Crippen molar-refractivity contribution in [2.24, 2.45) is 5.92 Å². The second-order valence-electron chi connectivity index (χ2n) is 7.40. The maximum atomic E-state index is 12.2. The molecular weight excluding hydrogens is 314 g/mol. The third-order valence-electron chi connectivity index (χ3n) is 4.95. The van der Waals surface area contributed by atoms with Gasteiger partial charge in [-0.2, -0.15) is 0 Å². The van der Waals surface area contributed by atoms with Crippen LogP contribution in [0.3, 0.4) is 0 Å². The molecule has 0 aliphatic heterocycles. The van der Waals surface area contributed by atoms with Crippen LogP contribution in [0.25, 0.3) is 0 Å². The van der Waals surface area contributed by atoms with Gasteiger partial charge < -0.3 is 20.6 Å². The van der Waals surface area contributed by atoms with E-state index >= 15 is 0 Å². The summed E-state index contributed by atoms with van der Waals surface area (Å²) >= 11 is 0. The predicted octanol–water partition coefficient (Wildman–Crippen LogP) is 2.88. The van der Waals surface area contributed by atoms with Crippen molar-refractivity contribution in [2.75, 3.05) is 20.7 Å². The minimum atomic E-state index is -0.138. The zero-order valence-electron chi connectivity index (χ0n) is 15.6. The predicted molar refractivity (Wildman–Crippen MR) is 101 cm³/mol. The molecule has 0 bridgehead atoms. The summed E-state index contributed by atoms with van der Waals surface area (Å²) in [5.74, 6) is 0.497. The third kappa shape index (κ3) is 7.04. The zero-order valence-corrected chi connectivity index (χ0v) is 15.6. The van der Waals surface area contributed by atoms with Crippen LogP contribution in [-0.4, -0.2) is 42.8 Å². The smallest absolute Gasteiger partial charge is 0.315 e. The van der Waals surface area contributed by atoms with Gasteiger partial charge in [0.2, 0.25) is 0 Å². The number of hydrogen-bond acceptors (Lipinski definition) is 3. The van der Waals surface area contributed by atoms with Gasteiger partial charge in [0.15, 0.2) is 0 Å². The summed E-state index contributed by atoms with van der Waals surface area (Å²) in [6.45, 7) is 1.55. The number of amides is 2. The summed E-state index contributed by atoms with van der Waals surface area (Å²) in [5, 5.41) is 15.3. The van der Waals surface area contributed by atoms with Crippen LogP contribution in [-0.2, 0) is 13.1 Å². The highest BCUT2D eigenvalue weighted by Crippen LogP contribution is 2.27. The second kappa shape index (κ2) is 10.4. The molecule has 1 aromatic rings. The maximum Gasteiger partial charge on any atom is 0.315 e. The molecular formula is C20H33N3O2. The van der Waals surface area contributed by atoms with E-state index in [0.29, 0.717) is 18.9 Å². The van der Waals surface area contributed by atoms with E-state index in [4.69, 9.17) is 0 Å². The second-order valence-corrected chi connectivity index (χ2v) is 7.40. The lowest BCUT2D eigenvalue weighted by atomic mass is 9.83. The highest BCUT2D eigenvalue weighted by Gasteiger charge is 2.24. The van der Waals surface area contributed by atoms with Crippen molar-refractivity contribution in [1.82, 2.24) is 15.5 Å². The van der Waals surface area contributed by atoms with E-state index in [-0.39, 0.29) is 18.7 Å². The topological polar surface area (TPSA) is 64.6 Å². The molecule has 1 saturated carbocycles. The molecule has 1 aliphatic carbocycles. The Morgan fingerprint density at radius 1 is 1.16 bits per heavy atom. The molecule has 2 rings (SSSR count). The minimum absolute atomic E-state index is 0.0766. The van der Waals surface area contributed by atoms with Crippen molar-refractivity contribution in [2.45, 2.75) is 57.7 Å². The van der Waals surface area contributed by atoms with Gasteiger partial charge in [0.1, 0.15) is 0 Å². The summed E-state index contributed by atoms with van der Waals surface area (Å²) in [4.78, 5) is 14.4. The molecule has 0 spiro atoms. The lowest BCUT2D eigenvalue weighted by Gasteiger charge is -2.30. The minimum Gasteiger partial charge on any atom is -0.396 e. The van der Waals surface area contributed by atoms with E-state index < -0.39 is 0 Å². The molecule has 0 saturated heterocycles. The Bertz CT molecular complexity index is 510. The van der Waals surface area contributed by atoms with Crippen molar-refractivity contribution >= 4 is 6.03 Å². The molecule has 5 nitrogen and oxygen atoms in total. The van der Waals surface area contributed by atoms with Gasteiger partial charge >= 0.3 is 6.03 Å². The first-order valence-electron chi connectivity index (χ1n) is 9.46. The largest absolute Gasteiger partial charge is 0.396 e. The van der Waals surface area contributed by atoms with E-state index in [1.165, 1.54) is 24.8 Å². The standard InChI is InChI=1S/C20H33N3O2/c1-23(2)15-17-10-8-16(9-11-17)14-21-20(25)22-19(12-13-24)18-6-4-3-5-7-18/h8-11,18-19,24H,3-7,12-15H2,1-2H3,(H2,21,22,25). The van der Waals surface area contributed by atoms with Gasteiger partial charge in [-0.25, -0.2) is 4.79 Å². The Morgan fingerprint density at radius 2 is 1.80 bits per heavy atom. The van der Waals surface area contributed by atoms with Gasteiger partial charge in [0, 0.05) is 25.7 Å². The van der Waals surface area contributed by atoms with E-state index in [0.717, 1.165) is 24.9 Å². The molecule has 0 heterocycles. The van der Waals surface area contributed by atoms with Crippen molar-refractivity contribution in [3.63, 3.8) is 0 Å². The average Bonchev–Trinajstić information content (AvgIpc) is 2.61. The summed E-state index contributed by atoms with van der Waals surface area (Å²) in [5.41, 5.74) is 2.35. The average molecular weight is 348 g/mol. The van der Waals surface area contributed by atoms with Crippen LogP contribution in [0.2, 0.25) is 0 Å². The Hall–Kier alpha value is -1.59. The monoisotopic (exact) mass is 347 g/mol. The molecule has 1 fully saturated rings. The molecule has 1 aromatic carbocycles. The molecule has 140 valence electrons. The number of urea groups is 1. The fourth-order valence-corrected chi connectivity index (χ4v) is 3.63. The number of rotatable bonds is 8. The van der Waals surface area contributed by atoms with Crippen LogP contribution >= 0.6 is 0 Å². The summed E-state index contributed by atoms with van der Waals surface area (Å²) in [6.07, 6.45) is 6.69. The van der Waals surface area contributed by atoms with Crippen LogP contribution in [0.15, 0.2) is 24.3 Å². The lowest BCUT2D eigenvalue weighted by Crippen LogP contribution is -2.46. The zero-order chi connectivity index (χ0) is 18.1. The number of nitrogens with one attached hydrogen (secondary N) is 2. The van der Waals surface area contributed by atoms with Gasteiger partial charge in [-0.15, -0.1) is 0 Å². The van der Waals surface area contributed by atoms with Crippen molar-refractivity contribution in [3.05, 3.63) is 35.4 Å². The Balaban J connectivity index is 1.79. The quantitative estimate of drug-likeness (QED) is 0.677. The Morgan fingerprint density at radius 3 is 2.40 bits per heavy atom. The van der Waals surface area contributed by atoms with Crippen LogP contribution in [0.1, 0.15) is 49.7 Å². The van der Waals surface area contributed by atoms with Crippen LogP contribution in [0.4, 0.5) is 4.79 Å². The number of carbonyl (C=O) groups is 1. The van der Waals surface area contributed by atoms with Crippen LogP contribution in [0, 0.1) is 5.92 Å². The molecule has 1 aliphatic rings. The van der Waals surface area contributed by atoms with Crippen LogP contribution < -0.4 is 10.6 Å². The number of aliphatic hydroxyl groups is 1. The highest BCUT2D eigenvalue weighted by molar-refractivity contribution is 5.74. The number of aliphatic hydroxyl groups excluding tert-OH is 1. The Labute approximate surface area is 151 Å². The first kappa shape index (κ1) is 19.7. The summed E-state index contributed by atoms with van der Waals surface area (Å²) in [6, 6.07) is 8.27. The summed E-state index contributed by atoms with van der Waals surface area (Å²) in [7, 11) is 4.10. The lowest BCUT2D eigenvalue weighted by molar-refractivity contribution is 0.196. The van der Waals surface area contributed by atoms with Gasteiger partial charge in [0.25, 0.3) is 0 Å². The first-order valence-corrected chi connectivity index (χ1v) is 9.46. The van der Waals surface area contributed by atoms with Crippen molar-refractivity contribution in [1.29, 1.82) is 0 Å². The summed E-state index contributed by atoms with van der Waals surface area (Å²) < 4.78 is 0. The van der Waals surface area contributed by atoms with E-state index in [1.807, 2.05) is 0 Å². The molecule has 1 unspecified atom stereocenters. The van der Waals surface area contributed by atoms with Gasteiger partial charge in [-0.05, 0) is 50.4 Å². The molecule has 0 aromatic heterocycles. The van der Waals surface area contributed by atoms with E-state index in [1.54, 1.807) is 0 Å². The molecule has 0 radical (unpaired) electrons. The number of hydrogen-bond donors (Lipinski definition) is 3. The fourth-order valence-electron chi connectivity index (χ4n) is 3.63. The molecule has 2 amide bonds. The number of nitrogens with zero attached hydrogens (tertiary/aromatic N) is 1. The van der Waals surface area contributed by atoms with Gasteiger partial charge in [-0.3, -0.25) is 0 Å². The number of benzene rings is 1. The normalized spacial score (nSPS) is 16.6. The number of carbonyl (C=O) groups excluding carboxylic acids is 1. The third-order valence-corrected chi connectivity index (χ3v) is 4.95. The molecule has 25 heavy (non-hydrogen) atoms. The van der Waals surface area contributed by atoms with Crippen molar-refractivity contribution < 1.29 is 9.90 Å². The highest BCUT2D eigenvalue weighted by atomic mass is 16.3. The van der Waals surface area contributed by atoms with Gasteiger partial charge in [0.05, 0.1) is 0 Å². The van der Waals surface area contributed by atoms with Crippen LogP contribution in [0.5, 0.6) is 0 Å². The molecule has 1 atom stereocenters. The Kier molecular flexibility index (Phi) is 8.22. The first-order chi connectivity index (χ1) is 12.1. The van der Waals surface area contributed by atoms with E-state index in [9.17, 15) is 9.90 Å². The van der Waals surface area contributed by atoms with Crippen molar-refractivity contribution in [3.8, 4) is 0 Å². The van der Waals surface area contributed by atoms with Gasteiger partial charge in [-0.1, -0.05) is 43.5 Å². The molecule has 3 N–H and O–H groups in total. The molecule has 5 heteroatoms. The maximum absolute atomic E-state index is 12.2.